The highest BCUT2D eigenvalue weighted by Gasteiger charge is 2.64. The van der Waals surface area contributed by atoms with Crippen molar-refractivity contribution in [1.29, 1.82) is 0 Å². The second kappa shape index (κ2) is 6.01. The molecule has 8 aliphatic carbocycles. The molecule has 0 saturated heterocycles. The van der Waals surface area contributed by atoms with Crippen molar-refractivity contribution in [2.24, 2.45) is 43.3 Å². The Bertz CT molecular complexity index is 723. The average molecular weight is 421 g/mol. The lowest BCUT2D eigenvalue weighted by atomic mass is 9.36. The van der Waals surface area contributed by atoms with Gasteiger partial charge < -0.3 is 0 Å². The fraction of sp³-hybridized carbons (Fsp3) is 0.806. The molecule has 0 nitrogen and oxygen atoms in total. The molecular weight excluding hydrogens is 372 g/mol. The molecule has 8 fully saturated rings. The van der Waals surface area contributed by atoms with Crippen LogP contribution in [-0.4, -0.2) is 0 Å². The van der Waals surface area contributed by atoms with Gasteiger partial charge in [0, 0.05) is 0 Å². The second-order valence-electron chi connectivity index (χ2n) is 15.9. The lowest BCUT2D eigenvalue weighted by Crippen LogP contribution is -2.58. The summed E-state index contributed by atoms with van der Waals surface area (Å²) in [4.78, 5) is 0. The van der Waals surface area contributed by atoms with Crippen LogP contribution in [0.25, 0.3) is 0 Å². The first-order valence-corrected chi connectivity index (χ1v) is 13.1. The lowest BCUT2D eigenvalue weighted by molar-refractivity contribution is -0.165. The molecule has 8 bridgehead atoms. The molecule has 0 amide bonds. The van der Waals surface area contributed by atoms with Crippen molar-refractivity contribution >= 4 is 0 Å². The summed E-state index contributed by atoms with van der Waals surface area (Å²) < 4.78 is 0. The van der Waals surface area contributed by atoms with Crippen LogP contribution in [0.15, 0.2) is 38.0 Å². The van der Waals surface area contributed by atoms with Gasteiger partial charge in [-0.15, -0.1) is 19.7 Å². The fourth-order valence-electron chi connectivity index (χ4n) is 12.9. The molecule has 172 valence electrons. The van der Waals surface area contributed by atoms with Gasteiger partial charge in [0.1, 0.15) is 0 Å². The summed E-state index contributed by atoms with van der Waals surface area (Å²) in [5.41, 5.74) is 4.29. The minimum atomic E-state index is 0.423. The number of allylic oxidation sites excluding steroid dienone is 3. The van der Waals surface area contributed by atoms with Crippen LogP contribution < -0.4 is 0 Å². The molecule has 0 aromatic rings. The molecule has 0 spiro atoms. The minimum absolute atomic E-state index is 0.423. The number of rotatable bonds is 3. The smallest absolute Gasteiger partial charge is 0.0102 e. The highest BCUT2D eigenvalue weighted by molar-refractivity contribution is 5.22. The van der Waals surface area contributed by atoms with Crippen molar-refractivity contribution in [2.45, 2.75) is 112 Å². The molecule has 0 heterocycles. The highest BCUT2D eigenvalue weighted by Crippen LogP contribution is 2.75. The maximum absolute atomic E-state index is 4.14. The maximum Gasteiger partial charge on any atom is -0.0102 e. The van der Waals surface area contributed by atoms with Gasteiger partial charge in [-0.25, -0.2) is 0 Å². The molecule has 0 heteroatoms. The van der Waals surface area contributed by atoms with Crippen LogP contribution in [0.3, 0.4) is 0 Å². The number of hydrogen-bond donors (Lipinski definition) is 0. The molecule has 0 atom stereocenters. The van der Waals surface area contributed by atoms with Crippen LogP contribution in [0.5, 0.6) is 0 Å². The van der Waals surface area contributed by atoms with Gasteiger partial charge >= 0.3 is 0 Å². The van der Waals surface area contributed by atoms with Crippen molar-refractivity contribution in [2.75, 3.05) is 0 Å². The molecule has 0 N–H and O–H groups in total. The third kappa shape index (κ3) is 3.36. The van der Waals surface area contributed by atoms with Gasteiger partial charge in [0.2, 0.25) is 0 Å². The Labute approximate surface area is 193 Å². The third-order valence-corrected chi connectivity index (χ3v) is 10.9. The van der Waals surface area contributed by atoms with Crippen LogP contribution in [0.4, 0.5) is 0 Å². The van der Waals surface area contributed by atoms with Gasteiger partial charge in [0.15, 0.2) is 0 Å². The van der Waals surface area contributed by atoms with Gasteiger partial charge in [0.05, 0.1) is 0 Å². The van der Waals surface area contributed by atoms with Gasteiger partial charge in [-0.05, 0) is 120 Å². The van der Waals surface area contributed by atoms with E-state index in [0.29, 0.717) is 43.3 Å². The minimum Gasteiger partial charge on any atom is -0.103 e. The fourth-order valence-corrected chi connectivity index (χ4v) is 12.9. The zero-order chi connectivity index (χ0) is 22.6. The first kappa shape index (κ1) is 22.0. The van der Waals surface area contributed by atoms with Crippen molar-refractivity contribution in [3.05, 3.63) is 38.0 Å². The van der Waals surface area contributed by atoms with Gasteiger partial charge in [-0.1, -0.05) is 52.8 Å². The van der Waals surface area contributed by atoms with E-state index in [1.54, 1.807) is 0 Å². The Balaban J connectivity index is 0.000000132. The van der Waals surface area contributed by atoms with Crippen LogP contribution >= 0.6 is 0 Å². The second-order valence-corrected chi connectivity index (χ2v) is 15.9. The molecule has 8 rings (SSSR count). The predicted molar refractivity (Wildman–Crippen MR) is 134 cm³/mol. The standard InChI is InChI=1S/C16H24.C15H24/c1-5-15-8-13(3)7-14(4,9-15)11-16(6-2,10-13)12-15;1-5-15-9-12(2)6-13(3,10-15)8-14(4,7-12)11-15/h5-6H,1-2,7-12H2,3-4H3;5H,1,6-11H2,2-4H3. The topological polar surface area (TPSA) is 0 Å². The summed E-state index contributed by atoms with van der Waals surface area (Å²) in [6.45, 7) is 25.0. The summed E-state index contributed by atoms with van der Waals surface area (Å²) in [6, 6.07) is 0. The summed E-state index contributed by atoms with van der Waals surface area (Å²) in [5, 5.41) is 0. The Morgan fingerprint density at radius 1 is 0.355 bits per heavy atom. The van der Waals surface area contributed by atoms with Crippen molar-refractivity contribution in [3.63, 3.8) is 0 Å². The largest absolute Gasteiger partial charge is 0.103 e. The summed E-state index contributed by atoms with van der Waals surface area (Å²) in [6.07, 6.45) is 23.7. The van der Waals surface area contributed by atoms with Crippen molar-refractivity contribution in [3.8, 4) is 0 Å². The normalized spacial score (nSPS) is 60.3. The monoisotopic (exact) mass is 420 g/mol. The van der Waals surface area contributed by atoms with Crippen molar-refractivity contribution in [1.82, 2.24) is 0 Å². The van der Waals surface area contributed by atoms with Gasteiger partial charge in [-0.2, -0.15) is 0 Å². The Morgan fingerprint density at radius 3 is 0.774 bits per heavy atom. The average Bonchev–Trinajstić information content (AvgIpc) is 2.55. The lowest BCUT2D eigenvalue weighted by Gasteiger charge is -2.68. The van der Waals surface area contributed by atoms with E-state index in [2.05, 4.69) is 72.6 Å². The molecule has 8 aliphatic rings. The van der Waals surface area contributed by atoms with E-state index < -0.39 is 0 Å². The van der Waals surface area contributed by atoms with E-state index >= 15 is 0 Å². The van der Waals surface area contributed by atoms with E-state index in [4.69, 9.17) is 0 Å². The van der Waals surface area contributed by atoms with Gasteiger partial charge in [0.25, 0.3) is 0 Å². The summed E-state index contributed by atoms with van der Waals surface area (Å²) >= 11 is 0. The van der Waals surface area contributed by atoms with Crippen molar-refractivity contribution < 1.29 is 0 Å². The molecule has 0 unspecified atom stereocenters. The van der Waals surface area contributed by atoms with Crippen LogP contribution in [-0.2, 0) is 0 Å². The first-order valence-electron chi connectivity index (χ1n) is 13.1. The van der Waals surface area contributed by atoms with Crippen LogP contribution in [0.1, 0.15) is 112 Å². The predicted octanol–water partition coefficient (Wildman–Crippen LogP) is 9.28. The molecular formula is C31H48. The van der Waals surface area contributed by atoms with E-state index in [9.17, 15) is 0 Å². The molecule has 0 radical (unpaired) electrons. The van der Waals surface area contributed by atoms with E-state index in [-0.39, 0.29) is 0 Å². The SMILES string of the molecule is C=CC12CC3(C)CC(C)(C1)CC(C=C)(C3)C2.C=CC12CC3(C)CC(C)(CC(C)(C3)C1)C2. The first-order chi connectivity index (χ1) is 14.2. The highest BCUT2D eigenvalue weighted by atomic mass is 14.7. The maximum atomic E-state index is 4.14. The molecule has 8 saturated carbocycles. The summed E-state index contributed by atoms with van der Waals surface area (Å²) in [5.74, 6) is 0. The Kier molecular flexibility index (Phi) is 4.27. The molecule has 0 aromatic heterocycles. The quantitative estimate of drug-likeness (QED) is 0.399. The third-order valence-electron chi connectivity index (χ3n) is 10.9. The number of hydrogen-bond acceptors (Lipinski definition) is 0. The molecule has 0 aromatic carbocycles. The summed E-state index contributed by atoms with van der Waals surface area (Å²) in [7, 11) is 0. The zero-order valence-corrected chi connectivity index (χ0v) is 21.3. The molecule has 0 aliphatic heterocycles. The van der Waals surface area contributed by atoms with E-state index in [1.807, 2.05) is 0 Å². The van der Waals surface area contributed by atoms with Gasteiger partial charge in [-0.3, -0.25) is 0 Å². The van der Waals surface area contributed by atoms with Crippen LogP contribution in [0, 0.1) is 43.3 Å². The Hall–Kier alpha value is -0.780. The zero-order valence-electron chi connectivity index (χ0n) is 21.3. The van der Waals surface area contributed by atoms with E-state index in [0.717, 1.165) is 0 Å². The Morgan fingerprint density at radius 2 is 0.548 bits per heavy atom. The molecule has 31 heavy (non-hydrogen) atoms. The van der Waals surface area contributed by atoms with Crippen LogP contribution in [0.2, 0.25) is 0 Å². The van der Waals surface area contributed by atoms with E-state index in [1.165, 1.54) is 77.0 Å².